The molecule has 1 aromatic heterocycles. The Morgan fingerprint density at radius 1 is 1.31 bits per heavy atom. The first kappa shape index (κ1) is 10.7. The molecule has 0 saturated carbocycles. The summed E-state index contributed by atoms with van der Waals surface area (Å²) in [5, 5.41) is 9.22. The molecule has 0 aliphatic carbocycles. The van der Waals surface area contributed by atoms with Gasteiger partial charge in [-0.3, -0.25) is 0 Å². The zero-order valence-electron chi connectivity index (χ0n) is 9.38. The van der Waals surface area contributed by atoms with Gasteiger partial charge in [-0.25, -0.2) is 4.98 Å². The summed E-state index contributed by atoms with van der Waals surface area (Å²) < 4.78 is 1.97. The van der Waals surface area contributed by atoms with Crippen LogP contribution in [-0.4, -0.2) is 14.7 Å². The summed E-state index contributed by atoms with van der Waals surface area (Å²) in [6.45, 7) is 1.93. The van der Waals surface area contributed by atoms with Crippen molar-refractivity contribution in [3.05, 3.63) is 36.2 Å². The van der Waals surface area contributed by atoms with Gasteiger partial charge in [0.2, 0.25) is 0 Å². The van der Waals surface area contributed by atoms with Crippen LogP contribution in [0.5, 0.6) is 5.75 Å². The van der Waals surface area contributed by atoms with Crippen molar-refractivity contribution in [3.63, 3.8) is 0 Å². The van der Waals surface area contributed by atoms with Crippen LogP contribution in [0.1, 0.15) is 18.7 Å². The molecule has 0 aliphatic rings. The first-order valence-electron chi connectivity index (χ1n) is 5.16. The molecule has 3 N–H and O–H groups in total. The predicted octanol–water partition coefficient (Wildman–Crippen LogP) is 1.81. The third-order valence-electron chi connectivity index (χ3n) is 2.62. The maximum absolute atomic E-state index is 9.22. The normalized spacial score (nSPS) is 12.7. The summed E-state index contributed by atoms with van der Waals surface area (Å²) in [5.74, 6) is 1.11. The predicted molar refractivity (Wildman–Crippen MR) is 62.9 cm³/mol. The van der Waals surface area contributed by atoms with E-state index < -0.39 is 0 Å². The smallest absolute Gasteiger partial charge is 0.139 e. The molecular weight excluding hydrogens is 202 g/mol. The zero-order valence-corrected chi connectivity index (χ0v) is 9.38. The molecule has 84 valence electrons. The third-order valence-corrected chi connectivity index (χ3v) is 2.62. The van der Waals surface area contributed by atoms with E-state index in [-0.39, 0.29) is 11.8 Å². The topological polar surface area (TPSA) is 64.1 Å². The highest BCUT2D eigenvalue weighted by atomic mass is 16.3. The van der Waals surface area contributed by atoms with E-state index in [1.807, 2.05) is 30.7 Å². The van der Waals surface area contributed by atoms with Gasteiger partial charge in [0.1, 0.15) is 11.6 Å². The van der Waals surface area contributed by atoms with Crippen molar-refractivity contribution in [2.24, 2.45) is 12.8 Å². The van der Waals surface area contributed by atoms with E-state index in [1.165, 1.54) is 0 Å². The highest BCUT2D eigenvalue weighted by Gasteiger charge is 2.10. The lowest BCUT2D eigenvalue weighted by Crippen LogP contribution is -2.10. The van der Waals surface area contributed by atoms with E-state index in [0.717, 1.165) is 17.1 Å². The van der Waals surface area contributed by atoms with Gasteiger partial charge in [-0.15, -0.1) is 0 Å². The van der Waals surface area contributed by atoms with Crippen LogP contribution in [0.25, 0.3) is 11.4 Å². The summed E-state index contributed by atoms with van der Waals surface area (Å²) >= 11 is 0. The van der Waals surface area contributed by atoms with E-state index in [1.54, 1.807) is 18.3 Å². The second-order valence-corrected chi connectivity index (χ2v) is 3.90. The van der Waals surface area contributed by atoms with Gasteiger partial charge in [0, 0.05) is 18.7 Å². The lowest BCUT2D eigenvalue weighted by Gasteiger charge is -2.08. The minimum absolute atomic E-state index is 0.0386. The number of hydrogen-bond acceptors (Lipinski definition) is 3. The highest BCUT2D eigenvalue weighted by Crippen LogP contribution is 2.22. The standard InChI is InChI=1S/C12H15N3O/c1-8(13)11-7-14-12(15(11)2)9-3-5-10(16)6-4-9/h3-8,16H,13H2,1-2H3. The number of aromatic hydroxyl groups is 1. The second kappa shape index (κ2) is 3.98. The number of rotatable bonds is 2. The molecular formula is C12H15N3O. The number of nitrogens with two attached hydrogens (primary N) is 1. The van der Waals surface area contributed by atoms with E-state index in [4.69, 9.17) is 5.73 Å². The molecule has 4 heteroatoms. The van der Waals surface area contributed by atoms with Gasteiger partial charge >= 0.3 is 0 Å². The molecule has 0 spiro atoms. The van der Waals surface area contributed by atoms with Gasteiger partial charge in [-0.05, 0) is 31.2 Å². The van der Waals surface area contributed by atoms with Crippen molar-refractivity contribution in [2.75, 3.05) is 0 Å². The van der Waals surface area contributed by atoms with Crippen LogP contribution < -0.4 is 5.73 Å². The fraction of sp³-hybridized carbons (Fsp3) is 0.250. The maximum atomic E-state index is 9.22. The van der Waals surface area contributed by atoms with Crippen LogP contribution in [0, 0.1) is 0 Å². The third kappa shape index (κ3) is 1.79. The van der Waals surface area contributed by atoms with Crippen LogP contribution in [0.4, 0.5) is 0 Å². The molecule has 2 aromatic rings. The Kier molecular flexibility index (Phi) is 2.66. The monoisotopic (exact) mass is 217 g/mol. The Hall–Kier alpha value is -1.81. The van der Waals surface area contributed by atoms with Gasteiger partial charge in [0.05, 0.1) is 11.9 Å². The average molecular weight is 217 g/mol. The van der Waals surface area contributed by atoms with E-state index in [0.29, 0.717) is 0 Å². The molecule has 0 saturated heterocycles. The number of hydrogen-bond donors (Lipinski definition) is 2. The van der Waals surface area contributed by atoms with Crippen molar-refractivity contribution in [1.29, 1.82) is 0 Å². The Balaban J connectivity index is 2.45. The number of phenols is 1. The molecule has 1 atom stereocenters. The quantitative estimate of drug-likeness (QED) is 0.806. The molecule has 1 aromatic carbocycles. The Bertz CT molecular complexity index is 485. The van der Waals surface area contributed by atoms with Gasteiger partial charge < -0.3 is 15.4 Å². The summed E-state index contributed by atoms with van der Waals surface area (Å²) in [6.07, 6.45) is 1.78. The molecule has 0 radical (unpaired) electrons. The van der Waals surface area contributed by atoms with Gasteiger partial charge in [-0.2, -0.15) is 0 Å². The van der Waals surface area contributed by atoms with Crippen LogP contribution in [0.15, 0.2) is 30.5 Å². The minimum atomic E-state index is -0.0386. The fourth-order valence-electron chi connectivity index (χ4n) is 1.72. The van der Waals surface area contributed by atoms with Crippen molar-refractivity contribution < 1.29 is 5.11 Å². The molecule has 0 aliphatic heterocycles. The summed E-state index contributed by atoms with van der Waals surface area (Å²) in [5.41, 5.74) is 7.78. The Labute approximate surface area is 94.4 Å². The summed E-state index contributed by atoms with van der Waals surface area (Å²) in [4.78, 5) is 4.34. The second-order valence-electron chi connectivity index (χ2n) is 3.90. The van der Waals surface area contributed by atoms with Gasteiger partial charge in [0.15, 0.2) is 0 Å². The van der Waals surface area contributed by atoms with Crippen molar-refractivity contribution >= 4 is 0 Å². The van der Waals surface area contributed by atoms with Gasteiger partial charge in [0.25, 0.3) is 0 Å². The molecule has 2 rings (SSSR count). The molecule has 4 nitrogen and oxygen atoms in total. The number of aromatic nitrogens is 2. The molecule has 0 fully saturated rings. The molecule has 0 bridgehead atoms. The number of phenolic OH excluding ortho intramolecular Hbond substituents is 1. The van der Waals surface area contributed by atoms with Gasteiger partial charge in [-0.1, -0.05) is 0 Å². The van der Waals surface area contributed by atoms with Crippen LogP contribution in [-0.2, 0) is 7.05 Å². The first-order valence-corrected chi connectivity index (χ1v) is 5.16. The molecule has 16 heavy (non-hydrogen) atoms. The molecule has 1 unspecified atom stereocenters. The maximum Gasteiger partial charge on any atom is 0.139 e. The van der Waals surface area contributed by atoms with Crippen LogP contribution in [0.2, 0.25) is 0 Å². The lowest BCUT2D eigenvalue weighted by atomic mass is 10.2. The number of nitrogens with zero attached hydrogens (tertiary/aromatic N) is 2. The largest absolute Gasteiger partial charge is 0.508 e. The summed E-state index contributed by atoms with van der Waals surface area (Å²) in [6, 6.07) is 6.93. The van der Waals surface area contributed by atoms with Crippen molar-refractivity contribution in [1.82, 2.24) is 9.55 Å². The SMILES string of the molecule is CC(N)c1cnc(-c2ccc(O)cc2)n1C. The molecule has 0 amide bonds. The first-order chi connectivity index (χ1) is 7.59. The van der Waals surface area contributed by atoms with E-state index in [2.05, 4.69) is 4.98 Å². The van der Waals surface area contributed by atoms with E-state index >= 15 is 0 Å². The molecule has 1 heterocycles. The minimum Gasteiger partial charge on any atom is -0.508 e. The lowest BCUT2D eigenvalue weighted by molar-refractivity contribution is 0.475. The Morgan fingerprint density at radius 2 is 1.94 bits per heavy atom. The average Bonchev–Trinajstić information content (AvgIpc) is 2.61. The van der Waals surface area contributed by atoms with Crippen molar-refractivity contribution in [3.8, 4) is 17.1 Å². The Morgan fingerprint density at radius 3 is 2.44 bits per heavy atom. The fourth-order valence-corrected chi connectivity index (χ4v) is 1.72. The van der Waals surface area contributed by atoms with Crippen LogP contribution in [0.3, 0.4) is 0 Å². The van der Waals surface area contributed by atoms with Crippen molar-refractivity contribution in [2.45, 2.75) is 13.0 Å². The summed E-state index contributed by atoms with van der Waals surface area (Å²) in [7, 11) is 1.94. The highest BCUT2D eigenvalue weighted by molar-refractivity contribution is 5.57. The van der Waals surface area contributed by atoms with Crippen LogP contribution >= 0.6 is 0 Å². The zero-order chi connectivity index (χ0) is 11.7. The number of benzene rings is 1. The van der Waals surface area contributed by atoms with E-state index in [9.17, 15) is 5.11 Å². The number of imidazole rings is 1.